The van der Waals surface area contributed by atoms with Crippen molar-refractivity contribution in [3.63, 3.8) is 0 Å². The van der Waals surface area contributed by atoms with E-state index in [1.54, 1.807) is 4.90 Å². The van der Waals surface area contributed by atoms with E-state index in [0.717, 1.165) is 19.4 Å². The number of halogens is 1. The van der Waals surface area contributed by atoms with Crippen LogP contribution in [0.25, 0.3) is 0 Å². The zero-order valence-electron chi connectivity index (χ0n) is 6.74. The van der Waals surface area contributed by atoms with Gasteiger partial charge < -0.3 is 9.64 Å². The zero-order valence-corrected chi connectivity index (χ0v) is 6.74. The number of hydrogen-bond acceptors (Lipinski definition) is 3. The highest BCUT2D eigenvalue weighted by atomic mass is 19.1. The van der Waals surface area contributed by atoms with Crippen molar-refractivity contribution in [1.29, 1.82) is 0 Å². The van der Waals surface area contributed by atoms with Crippen molar-refractivity contribution < 1.29 is 9.13 Å². The summed E-state index contributed by atoms with van der Waals surface area (Å²) in [6.07, 6.45) is 4.77. The maximum absolute atomic E-state index is 12.7. The minimum Gasteiger partial charge on any atom is -0.358 e. The van der Waals surface area contributed by atoms with Crippen molar-refractivity contribution in [3.8, 4) is 0 Å². The van der Waals surface area contributed by atoms with Gasteiger partial charge in [0.2, 0.25) is 0 Å². The fourth-order valence-corrected chi connectivity index (χ4v) is 1.45. The molecule has 0 aliphatic carbocycles. The minimum absolute atomic E-state index is 0.0354. The van der Waals surface area contributed by atoms with Gasteiger partial charge >= 0.3 is 0 Å². The van der Waals surface area contributed by atoms with Crippen molar-refractivity contribution in [1.82, 2.24) is 4.90 Å². The molecular weight excluding hydrogens is 159 g/mol. The third-order valence-electron chi connectivity index (χ3n) is 2.02. The first-order valence-electron chi connectivity index (χ1n) is 4.11. The Balaban J connectivity index is 2.00. The van der Waals surface area contributed by atoms with Crippen LogP contribution in [0.3, 0.4) is 0 Å². The fraction of sp³-hybridized carbons (Fsp3) is 0.625. The van der Waals surface area contributed by atoms with Gasteiger partial charge in [-0.2, -0.15) is 0 Å². The SMILES string of the molecule is FC1=CN(C2CCCO2)CN=C1. The van der Waals surface area contributed by atoms with Crippen LogP contribution in [0.5, 0.6) is 0 Å². The summed E-state index contributed by atoms with van der Waals surface area (Å²) in [7, 11) is 0. The molecule has 2 aliphatic rings. The number of nitrogens with zero attached hydrogens (tertiary/aromatic N) is 2. The number of allylic oxidation sites excluding steroid dienone is 1. The average molecular weight is 170 g/mol. The van der Waals surface area contributed by atoms with Gasteiger partial charge in [0.1, 0.15) is 12.9 Å². The van der Waals surface area contributed by atoms with Gasteiger partial charge in [-0.1, -0.05) is 0 Å². The van der Waals surface area contributed by atoms with Crippen LogP contribution in [-0.4, -0.2) is 30.6 Å². The maximum atomic E-state index is 12.7. The van der Waals surface area contributed by atoms with Gasteiger partial charge in [-0.15, -0.1) is 0 Å². The molecule has 0 aromatic rings. The second-order valence-electron chi connectivity index (χ2n) is 2.95. The lowest BCUT2D eigenvalue weighted by Crippen LogP contribution is -2.31. The molecule has 0 aromatic carbocycles. The molecule has 0 N–H and O–H groups in total. The van der Waals surface area contributed by atoms with Crippen LogP contribution in [-0.2, 0) is 4.74 Å². The van der Waals surface area contributed by atoms with Crippen LogP contribution in [0.4, 0.5) is 4.39 Å². The molecule has 0 amide bonds. The van der Waals surface area contributed by atoms with E-state index in [4.69, 9.17) is 4.74 Å². The molecule has 2 rings (SSSR count). The Morgan fingerprint density at radius 3 is 3.25 bits per heavy atom. The summed E-state index contributed by atoms with van der Waals surface area (Å²) in [6.45, 7) is 1.29. The van der Waals surface area contributed by atoms with Gasteiger partial charge in [-0.05, 0) is 12.8 Å². The van der Waals surface area contributed by atoms with Gasteiger partial charge in [0.15, 0.2) is 5.83 Å². The molecule has 3 nitrogen and oxygen atoms in total. The number of aliphatic imine (C=N–C) groups is 1. The summed E-state index contributed by atoms with van der Waals surface area (Å²) in [5.41, 5.74) is 0. The first-order valence-corrected chi connectivity index (χ1v) is 4.11. The van der Waals surface area contributed by atoms with E-state index in [2.05, 4.69) is 4.99 Å². The summed E-state index contributed by atoms with van der Waals surface area (Å²) >= 11 is 0. The molecule has 1 saturated heterocycles. The van der Waals surface area contributed by atoms with E-state index in [0.29, 0.717) is 6.67 Å². The van der Waals surface area contributed by atoms with Gasteiger partial charge in [0.05, 0.1) is 6.21 Å². The molecule has 2 heterocycles. The normalized spacial score (nSPS) is 29.2. The molecule has 2 aliphatic heterocycles. The van der Waals surface area contributed by atoms with E-state index in [1.807, 2.05) is 0 Å². The summed E-state index contributed by atoms with van der Waals surface area (Å²) in [4.78, 5) is 5.66. The van der Waals surface area contributed by atoms with Crippen molar-refractivity contribution in [2.24, 2.45) is 4.99 Å². The van der Waals surface area contributed by atoms with Crippen molar-refractivity contribution >= 4 is 6.21 Å². The number of rotatable bonds is 1. The maximum Gasteiger partial charge on any atom is 0.156 e. The summed E-state index contributed by atoms with van der Waals surface area (Å²) in [5, 5.41) is 0. The zero-order chi connectivity index (χ0) is 8.39. The molecule has 0 spiro atoms. The minimum atomic E-state index is -0.295. The van der Waals surface area contributed by atoms with Crippen LogP contribution < -0.4 is 0 Å². The van der Waals surface area contributed by atoms with Gasteiger partial charge in [-0.3, -0.25) is 4.99 Å². The standard InChI is InChI=1S/C8H11FN2O/c9-7-4-10-6-11(5-7)8-2-1-3-12-8/h4-5,8H,1-3,6H2. The molecular formula is C8H11FN2O. The van der Waals surface area contributed by atoms with Crippen molar-refractivity contribution in [2.75, 3.05) is 13.3 Å². The first kappa shape index (κ1) is 7.73. The largest absolute Gasteiger partial charge is 0.358 e. The second kappa shape index (κ2) is 3.23. The van der Waals surface area contributed by atoms with Gasteiger partial charge in [-0.25, -0.2) is 4.39 Å². The van der Waals surface area contributed by atoms with Crippen LogP contribution in [0, 0.1) is 0 Å². The highest BCUT2D eigenvalue weighted by Gasteiger charge is 2.22. The number of ether oxygens (including phenoxy) is 1. The Bertz CT molecular complexity index is 221. The molecule has 1 unspecified atom stereocenters. The third-order valence-corrected chi connectivity index (χ3v) is 2.02. The van der Waals surface area contributed by atoms with Crippen LogP contribution in [0.2, 0.25) is 0 Å². The van der Waals surface area contributed by atoms with Crippen LogP contribution in [0.15, 0.2) is 17.0 Å². The summed E-state index contributed by atoms with van der Waals surface area (Å²) in [6, 6.07) is 0. The van der Waals surface area contributed by atoms with Crippen LogP contribution in [0.1, 0.15) is 12.8 Å². The average Bonchev–Trinajstić information content (AvgIpc) is 2.56. The summed E-state index contributed by atoms with van der Waals surface area (Å²) < 4.78 is 18.1. The fourth-order valence-electron chi connectivity index (χ4n) is 1.45. The van der Waals surface area contributed by atoms with Crippen molar-refractivity contribution in [2.45, 2.75) is 19.1 Å². The Morgan fingerprint density at radius 1 is 1.67 bits per heavy atom. The third kappa shape index (κ3) is 1.48. The molecule has 0 saturated carbocycles. The van der Waals surface area contributed by atoms with E-state index in [9.17, 15) is 4.39 Å². The Kier molecular flexibility index (Phi) is 2.08. The van der Waals surface area contributed by atoms with Crippen molar-refractivity contribution in [3.05, 3.63) is 12.0 Å². The van der Waals surface area contributed by atoms with Crippen LogP contribution >= 0.6 is 0 Å². The molecule has 66 valence electrons. The van der Waals surface area contributed by atoms with E-state index < -0.39 is 0 Å². The molecule has 0 bridgehead atoms. The highest BCUT2D eigenvalue weighted by molar-refractivity contribution is 5.76. The van der Waals surface area contributed by atoms with E-state index in [1.165, 1.54) is 12.4 Å². The van der Waals surface area contributed by atoms with Gasteiger partial charge in [0.25, 0.3) is 0 Å². The van der Waals surface area contributed by atoms with Gasteiger partial charge in [0, 0.05) is 12.8 Å². The number of hydrogen-bond donors (Lipinski definition) is 0. The summed E-state index contributed by atoms with van der Waals surface area (Å²) in [5.74, 6) is -0.295. The second-order valence-corrected chi connectivity index (χ2v) is 2.95. The quantitative estimate of drug-likeness (QED) is 0.592. The molecule has 1 atom stereocenters. The van der Waals surface area contributed by atoms with E-state index >= 15 is 0 Å². The predicted octanol–water partition coefficient (Wildman–Crippen LogP) is 1.28. The van der Waals surface area contributed by atoms with E-state index in [-0.39, 0.29) is 12.1 Å². The molecule has 0 radical (unpaired) electrons. The Morgan fingerprint density at radius 2 is 2.58 bits per heavy atom. The smallest absolute Gasteiger partial charge is 0.156 e. The molecule has 12 heavy (non-hydrogen) atoms. The Hall–Kier alpha value is -0.900. The molecule has 0 aromatic heterocycles. The lowest BCUT2D eigenvalue weighted by atomic mass is 10.3. The Labute approximate surface area is 70.5 Å². The molecule has 1 fully saturated rings. The lowest BCUT2D eigenvalue weighted by molar-refractivity contribution is 0.00767. The topological polar surface area (TPSA) is 24.8 Å². The first-order chi connectivity index (χ1) is 5.86. The monoisotopic (exact) mass is 170 g/mol. The highest BCUT2D eigenvalue weighted by Crippen LogP contribution is 2.19. The molecule has 4 heteroatoms. The lowest BCUT2D eigenvalue weighted by Gasteiger charge is -2.26. The predicted molar refractivity (Wildman–Crippen MR) is 43.4 cm³/mol.